The topological polar surface area (TPSA) is 60.4 Å². The van der Waals surface area contributed by atoms with E-state index in [2.05, 4.69) is 6.92 Å². The molecule has 4 aliphatic rings. The van der Waals surface area contributed by atoms with Gasteiger partial charge in [-0.05, 0) is 116 Å². The minimum atomic E-state index is -5.81. The van der Waals surface area contributed by atoms with Crippen molar-refractivity contribution in [1.29, 1.82) is 0 Å². The summed E-state index contributed by atoms with van der Waals surface area (Å²) in [5.41, 5.74) is -3.76. The molecule has 1 aromatic carbocycles. The normalized spacial score (nSPS) is 35.2. The number of carbonyl (C=O) groups is 1. The summed E-state index contributed by atoms with van der Waals surface area (Å²) in [5, 5.41) is 11.3. The molecule has 46 heavy (non-hydrogen) atoms. The summed E-state index contributed by atoms with van der Waals surface area (Å²) in [4.78, 5) is 13.3. The summed E-state index contributed by atoms with van der Waals surface area (Å²) in [5.74, 6) is -4.62. The van der Waals surface area contributed by atoms with Crippen molar-refractivity contribution in [1.82, 2.24) is 0 Å². The van der Waals surface area contributed by atoms with Crippen LogP contribution < -0.4 is 0 Å². The van der Waals surface area contributed by atoms with Crippen LogP contribution in [0.1, 0.15) is 117 Å². The van der Waals surface area contributed by atoms with Crippen LogP contribution in [0, 0.1) is 34.5 Å². The second kappa shape index (κ2) is 13.8. The van der Waals surface area contributed by atoms with Crippen LogP contribution >= 0.6 is 0 Å². The van der Waals surface area contributed by atoms with Crippen molar-refractivity contribution >= 4 is 17.0 Å². The van der Waals surface area contributed by atoms with E-state index < -0.39 is 46.6 Å². The number of rotatable bonds is 13. The number of fused-ring (bicyclic) bond motifs is 5. The average molecular weight is 671 g/mol. The standard InChI is InChI=1S/C37H51F5O3S/c1-33-20-17-28(43)25-27(33)24-26(14-10-7-5-3-4-6-8-13-23-46(45)29-15-11-9-12-16-29)32-30(33)18-21-34(2)31(32)19-22-35(34,44)36(38,39)37(40,41)42/h9,11-12,15-16,25-26,30-32,44H,3-8,10,13-14,17-24H2,1-2H3/t26?,30-,31+,32-,33+,34+,35?,46?/m1/s1. The number of hydrogen-bond acceptors (Lipinski definition) is 3. The molecule has 0 bridgehead atoms. The second-order valence-corrected chi connectivity index (χ2v) is 16.8. The van der Waals surface area contributed by atoms with Gasteiger partial charge >= 0.3 is 12.1 Å². The summed E-state index contributed by atoms with van der Waals surface area (Å²) in [6.07, 6.45) is 7.30. The Morgan fingerprint density at radius 3 is 2.13 bits per heavy atom. The summed E-state index contributed by atoms with van der Waals surface area (Å²) in [7, 11) is 0. The van der Waals surface area contributed by atoms with E-state index in [9.17, 15) is 27.6 Å². The number of unbranched alkanes of at least 4 members (excludes halogenated alkanes) is 7. The molecule has 4 aliphatic carbocycles. The van der Waals surface area contributed by atoms with Gasteiger partial charge in [0.15, 0.2) is 10.7 Å². The Morgan fingerprint density at radius 1 is 0.870 bits per heavy atom. The predicted octanol–water partition coefficient (Wildman–Crippen LogP) is 9.99. The largest absolute Gasteiger partial charge is 0.611 e. The Morgan fingerprint density at radius 2 is 1.48 bits per heavy atom. The van der Waals surface area contributed by atoms with Gasteiger partial charge in [0.1, 0.15) is 11.4 Å². The molecule has 0 aromatic heterocycles. The number of alkyl halides is 5. The van der Waals surface area contributed by atoms with Crippen LogP contribution in [-0.2, 0) is 16.0 Å². The Balaban J connectivity index is 1.17. The smallest absolute Gasteiger partial charge is 0.456 e. The highest BCUT2D eigenvalue weighted by Gasteiger charge is 2.79. The number of halogens is 5. The van der Waals surface area contributed by atoms with Crippen molar-refractivity contribution < 1.29 is 36.4 Å². The maximum atomic E-state index is 15.0. The highest BCUT2D eigenvalue weighted by molar-refractivity contribution is 7.91. The summed E-state index contributed by atoms with van der Waals surface area (Å²) >= 11 is -0.949. The lowest BCUT2D eigenvalue weighted by molar-refractivity contribution is -0.364. The summed E-state index contributed by atoms with van der Waals surface area (Å²) in [6.45, 7) is 3.67. The van der Waals surface area contributed by atoms with Gasteiger partial charge in [-0.15, -0.1) is 0 Å². The first-order valence-electron chi connectivity index (χ1n) is 17.5. The lowest BCUT2D eigenvalue weighted by Crippen LogP contribution is -2.66. The number of carbonyl (C=O) groups excluding carboxylic acids is 1. The molecule has 8 atom stereocenters. The first-order chi connectivity index (χ1) is 21.7. The third-order valence-electron chi connectivity index (χ3n) is 12.8. The molecule has 3 unspecified atom stereocenters. The van der Waals surface area contributed by atoms with Gasteiger partial charge in [0.2, 0.25) is 0 Å². The van der Waals surface area contributed by atoms with Crippen molar-refractivity contribution in [3.8, 4) is 0 Å². The van der Waals surface area contributed by atoms with E-state index in [0.29, 0.717) is 31.4 Å². The molecule has 258 valence electrons. The maximum absolute atomic E-state index is 15.0. The first-order valence-corrected chi connectivity index (χ1v) is 18.8. The van der Waals surface area contributed by atoms with Crippen LogP contribution in [0.15, 0.2) is 46.9 Å². The molecule has 0 heterocycles. The Labute approximate surface area is 274 Å². The predicted molar refractivity (Wildman–Crippen MR) is 171 cm³/mol. The van der Waals surface area contributed by atoms with Gasteiger partial charge in [-0.1, -0.05) is 76.1 Å². The van der Waals surface area contributed by atoms with Gasteiger partial charge in [0.05, 0.1) is 0 Å². The van der Waals surface area contributed by atoms with Crippen LogP contribution in [-0.4, -0.2) is 38.9 Å². The van der Waals surface area contributed by atoms with Gasteiger partial charge in [0.25, 0.3) is 0 Å². The summed E-state index contributed by atoms with van der Waals surface area (Å²) in [6, 6.07) is 9.54. The van der Waals surface area contributed by atoms with Crippen LogP contribution in [0.4, 0.5) is 22.0 Å². The summed E-state index contributed by atoms with van der Waals surface area (Å²) < 4.78 is 83.5. The zero-order chi connectivity index (χ0) is 33.4. The number of benzene rings is 1. The Kier molecular flexibility index (Phi) is 10.8. The molecule has 1 aromatic rings. The van der Waals surface area contributed by atoms with Gasteiger partial charge in [-0.2, -0.15) is 22.0 Å². The monoisotopic (exact) mass is 670 g/mol. The molecule has 5 rings (SSSR count). The highest BCUT2D eigenvalue weighted by atomic mass is 32.2. The van der Waals surface area contributed by atoms with Crippen molar-refractivity contribution in [3.05, 3.63) is 42.0 Å². The molecular weight excluding hydrogens is 619 g/mol. The zero-order valence-electron chi connectivity index (χ0n) is 27.4. The van der Waals surface area contributed by atoms with E-state index in [-0.39, 0.29) is 41.8 Å². The fourth-order valence-electron chi connectivity index (χ4n) is 10.2. The molecule has 9 heteroatoms. The van der Waals surface area contributed by atoms with E-state index in [1.165, 1.54) is 6.92 Å². The molecule has 3 saturated carbocycles. The fraction of sp³-hybridized carbons (Fsp3) is 0.757. The number of hydrogen-bond donors (Lipinski definition) is 1. The van der Waals surface area contributed by atoms with Gasteiger partial charge in [-0.25, -0.2) is 0 Å². The van der Waals surface area contributed by atoms with E-state index in [1.54, 1.807) is 6.08 Å². The Bertz CT molecular complexity index is 1240. The maximum Gasteiger partial charge on any atom is 0.456 e. The van der Waals surface area contributed by atoms with E-state index >= 15 is 8.78 Å². The van der Waals surface area contributed by atoms with Gasteiger partial charge in [0, 0.05) is 11.8 Å². The number of allylic oxidation sites excluding steroid dienone is 1. The molecule has 0 aliphatic heterocycles. The van der Waals surface area contributed by atoms with Gasteiger partial charge in [-0.3, -0.25) is 4.79 Å². The quantitative estimate of drug-likeness (QED) is 0.129. The second-order valence-electron chi connectivity index (χ2n) is 15.2. The van der Waals surface area contributed by atoms with Crippen molar-refractivity contribution in [3.63, 3.8) is 0 Å². The minimum Gasteiger partial charge on any atom is -0.611 e. The SMILES string of the molecule is C[C@]12CCC(=O)C=C1CC(CCCCCCCCCC[S+]([O-])c1ccccc1)[C@@H]1[C@H]2CC[C@@]2(C)[C@H]1CCC2(O)C(F)(F)C(F)(F)F. The van der Waals surface area contributed by atoms with Crippen molar-refractivity contribution in [2.75, 3.05) is 5.75 Å². The highest BCUT2D eigenvalue weighted by Crippen LogP contribution is 2.72. The molecule has 3 nitrogen and oxygen atoms in total. The third kappa shape index (κ3) is 6.47. The first kappa shape index (κ1) is 35.8. The molecule has 3 fully saturated rings. The molecule has 0 amide bonds. The third-order valence-corrected chi connectivity index (χ3v) is 14.3. The number of aliphatic hydroxyl groups is 1. The molecule has 0 radical (unpaired) electrons. The fourth-order valence-corrected chi connectivity index (χ4v) is 11.3. The van der Waals surface area contributed by atoms with E-state index in [4.69, 9.17) is 0 Å². The van der Waals surface area contributed by atoms with Crippen LogP contribution in [0.5, 0.6) is 0 Å². The molecule has 1 N–H and O–H groups in total. The Hall–Kier alpha value is -1.45. The average Bonchev–Trinajstić information content (AvgIpc) is 3.30. The molecular formula is C37H51F5O3S. The molecule has 0 saturated heterocycles. The molecule has 0 spiro atoms. The lowest BCUT2D eigenvalue weighted by atomic mass is 9.43. The van der Waals surface area contributed by atoms with Crippen molar-refractivity contribution in [2.24, 2.45) is 34.5 Å². The van der Waals surface area contributed by atoms with Crippen LogP contribution in [0.2, 0.25) is 0 Å². The van der Waals surface area contributed by atoms with Crippen LogP contribution in [0.3, 0.4) is 0 Å². The minimum absolute atomic E-state index is 0.0476. The van der Waals surface area contributed by atoms with Gasteiger partial charge < -0.3 is 9.66 Å². The zero-order valence-corrected chi connectivity index (χ0v) is 28.2. The van der Waals surface area contributed by atoms with Crippen LogP contribution in [0.25, 0.3) is 0 Å². The number of ketones is 1. The van der Waals surface area contributed by atoms with E-state index in [1.807, 2.05) is 30.3 Å². The van der Waals surface area contributed by atoms with Crippen molar-refractivity contribution in [2.45, 2.75) is 139 Å². The van der Waals surface area contributed by atoms with E-state index in [0.717, 1.165) is 68.3 Å². The lowest BCUT2D eigenvalue weighted by Gasteiger charge is -2.62.